The summed E-state index contributed by atoms with van der Waals surface area (Å²) in [6, 6.07) is 11.3. The highest BCUT2D eigenvalue weighted by Gasteiger charge is 2.18. The van der Waals surface area contributed by atoms with Crippen molar-refractivity contribution in [2.24, 2.45) is 10.9 Å². The van der Waals surface area contributed by atoms with Crippen LogP contribution in [0.4, 0.5) is 5.69 Å². The molecule has 0 saturated carbocycles. The van der Waals surface area contributed by atoms with Crippen molar-refractivity contribution in [3.05, 3.63) is 63.7 Å². The highest BCUT2D eigenvalue weighted by atomic mass is 16.6. The minimum absolute atomic E-state index is 0.0868. The van der Waals surface area contributed by atoms with Crippen molar-refractivity contribution >= 4 is 11.5 Å². The van der Waals surface area contributed by atoms with Crippen LogP contribution >= 0.6 is 0 Å². The summed E-state index contributed by atoms with van der Waals surface area (Å²) in [6.45, 7) is 1.84. The Morgan fingerprint density at radius 1 is 1.29 bits per heavy atom. The van der Waals surface area contributed by atoms with E-state index in [2.05, 4.69) is 5.16 Å². The number of nitro benzene ring substituents is 1. The minimum atomic E-state index is -0.582. The van der Waals surface area contributed by atoms with Gasteiger partial charge in [-0.2, -0.15) is 0 Å². The van der Waals surface area contributed by atoms with Crippen molar-refractivity contribution in [1.82, 2.24) is 0 Å². The number of oxime groups is 1. The fourth-order valence-electron chi connectivity index (χ4n) is 1.75. The summed E-state index contributed by atoms with van der Waals surface area (Å²) in [6.07, 6.45) is 0. The quantitative estimate of drug-likeness (QED) is 0.295. The molecular weight excluding hydrogens is 274 g/mol. The monoisotopic (exact) mass is 287 g/mol. The maximum Gasteiger partial charge on any atom is 0.312 e. The van der Waals surface area contributed by atoms with E-state index in [-0.39, 0.29) is 22.8 Å². The van der Waals surface area contributed by atoms with Crippen LogP contribution in [0.1, 0.15) is 11.1 Å². The number of benzene rings is 2. The van der Waals surface area contributed by atoms with Crippen molar-refractivity contribution in [3.8, 4) is 11.5 Å². The zero-order valence-corrected chi connectivity index (χ0v) is 11.2. The highest BCUT2D eigenvalue weighted by Crippen LogP contribution is 2.33. The van der Waals surface area contributed by atoms with Crippen LogP contribution in [-0.2, 0) is 0 Å². The van der Waals surface area contributed by atoms with Gasteiger partial charge in [0.15, 0.2) is 5.84 Å². The topological polar surface area (TPSA) is 111 Å². The Morgan fingerprint density at radius 3 is 2.62 bits per heavy atom. The van der Waals surface area contributed by atoms with E-state index in [1.54, 1.807) is 12.1 Å². The van der Waals surface area contributed by atoms with Crippen molar-refractivity contribution in [2.75, 3.05) is 0 Å². The van der Waals surface area contributed by atoms with Gasteiger partial charge in [0.25, 0.3) is 0 Å². The van der Waals surface area contributed by atoms with E-state index >= 15 is 0 Å². The maximum absolute atomic E-state index is 11.1. The van der Waals surface area contributed by atoms with Gasteiger partial charge in [0.2, 0.25) is 5.75 Å². The van der Waals surface area contributed by atoms with Gasteiger partial charge in [0, 0.05) is 11.6 Å². The number of para-hydroxylation sites is 1. The second-order valence-corrected chi connectivity index (χ2v) is 4.29. The summed E-state index contributed by atoms with van der Waals surface area (Å²) in [4.78, 5) is 10.6. The highest BCUT2D eigenvalue weighted by molar-refractivity contribution is 5.97. The molecule has 0 amide bonds. The lowest BCUT2D eigenvalue weighted by Gasteiger charge is -2.09. The standard InChI is InChI=1S/C14H13N3O4/c1-9-4-2-3-5-12(9)21-13-7-6-10(14(15)16-18)8-11(13)17(19)20/h2-8,18H,1H3,(H2,15,16). The summed E-state index contributed by atoms with van der Waals surface area (Å²) in [5, 5.41) is 22.6. The van der Waals surface area contributed by atoms with Gasteiger partial charge in [-0.05, 0) is 30.7 Å². The maximum atomic E-state index is 11.1. The number of hydrogen-bond acceptors (Lipinski definition) is 5. The smallest absolute Gasteiger partial charge is 0.312 e. The van der Waals surface area contributed by atoms with Gasteiger partial charge in [-0.1, -0.05) is 23.4 Å². The summed E-state index contributed by atoms with van der Waals surface area (Å²) >= 11 is 0. The SMILES string of the molecule is Cc1ccccc1Oc1ccc(C(N)=NO)cc1[N+](=O)[O-]. The second-order valence-electron chi connectivity index (χ2n) is 4.29. The predicted octanol–water partition coefficient (Wildman–Crippen LogP) is 2.79. The summed E-state index contributed by atoms with van der Waals surface area (Å²) < 4.78 is 5.59. The largest absolute Gasteiger partial charge is 0.450 e. The van der Waals surface area contributed by atoms with Gasteiger partial charge >= 0.3 is 5.69 Å². The molecule has 0 aromatic heterocycles. The molecule has 0 saturated heterocycles. The van der Waals surface area contributed by atoms with Crippen LogP contribution < -0.4 is 10.5 Å². The predicted molar refractivity (Wildman–Crippen MR) is 76.9 cm³/mol. The van der Waals surface area contributed by atoms with Gasteiger partial charge in [-0.3, -0.25) is 10.1 Å². The average Bonchev–Trinajstić information content (AvgIpc) is 2.49. The number of nitro groups is 1. The van der Waals surface area contributed by atoms with Gasteiger partial charge < -0.3 is 15.7 Å². The number of amidine groups is 1. The zero-order valence-electron chi connectivity index (χ0n) is 11.2. The molecule has 0 aliphatic rings. The van der Waals surface area contributed by atoms with Gasteiger partial charge in [-0.15, -0.1) is 0 Å². The molecule has 0 spiro atoms. The van der Waals surface area contributed by atoms with Crippen LogP contribution in [-0.4, -0.2) is 16.0 Å². The van der Waals surface area contributed by atoms with E-state index in [0.717, 1.165) is 5.56 Å². The molecule has 2 aromatic rings. The van der Waals surface area contributed by atoms with Crippen LogP contribution in [0.5, 0.6) is 11.5 Å². The summed E-state index contributed by atoms with van der Waals surface area (Å²) in [5.74, 6) is 0.404. The molecule has 7 heteroatoms. The van der Waals surface area contributed by atoms with E-state index in [9.17, 15) is 10.1 Å². The van der Waals surface area contributed by atoms with Crippen molar-refractivity contribution < 1.29 is 14.9 Å². The lowest BCUT2D eigenvalue weighted by atomic mass is 10.1. The number of rotatable bonds is 4. The summed E-state index contributed by atoms with van der Waals surface area (Å²) in [7, 11) is 0. The first-order valence-corrected chi connectivity index (χ1v) is 6.02. The molecule has 0 unspecified atom stereocenters. The first-order chi connectivity index (χ1) is 10.0. The lowest BCUT2D eigenvalue weighted by molar-refractivity contribution is -0.385. The van der Waals surface area contributed by atoms with Gasteiger partial charge in [0.1, 0.15) is 5.75 Å². The van der Waals surface area contributed by atoms with Crippen LogP contribution in [0.3, 0.4) is 0 Å². The molecule has 0 fully saturated rings. The fraction of sp³-hybridized carbons (Fsp3) is 0.0714. The van der Waals surface area contributed by atoms with Crippen LogP contribution in [0.2, 0.25) is 0 Å². The molecule has 2 aromatic carbocycles. The molecule has 3 N–H and O–H groups in total. The Balaban J connectivity index is 2.44. The van der Waals surface area contributed by atoms with E-state index in [1.165, 1.54) is 18.2 Å². The molecule has 0 atom stereocenters. The van der Waals surface area contributed by atoms with Crippen molar-refractivity contribution in [2.45, 2.75) is 6.92 Å². The van der Waals surface area contributed by atoms with Crippen molar-refractivity contribution in [1.29, 1.82) is 0 Å². The molecule has 0 aliphatic heterocycles. The summed E-state index contributed by atoms with van der Waals surface area (Å²) in [5.41, 5.74) is 6.26. The van der Waals surface area contributed by atoms with Crippen molar-refractivity contribution in [3.63, 3.8) is 0 Å². The second kappa shape index (κ2) is 5.91. The molecule has 0 aliphatic carbocycles. The third-order valence-corrected chi connectivity index (χ3v) is 2.87. The number of aryl methyl sites for hydroxylation is 1. The number of ether oxygens (including phenoxy) is 1. The number of nitrogens with zero attached hydrogens (tertiary/aromatic N) is 2. The van der Waals surface area contributed by atoms with E-state index < -0.39 is 4.92 Å². The molecule has 21 heavy (non-hydrogen) atoms. The fourth-order valence-corrected chi connectivity index (χ4v) is 1.75. The number of hydrogen-bond donors (Lipinski definition) is 2. The molecule has 0 heterocycles. The normalized spacial score (nSPS) is 11.2. The molecule has 2 rings (SSSR count). The van der Waals surface area contributed by atoms with E-state index in [0.29, 0.717) is 5.75 Å². The van der Waals surface area contributed by atoms with Crippen LogP contribution in [0.15, 0.2) is 47.6 Å². The first kappa shape index (κ1) is 14.3. The Bertz CT molecular complexity index is 713. The van der Waals surface area contributed by atoms with Crippen LogP contribution in [0.25, 0.3) is 0 Å². The number of nitrogens with two attached hydrogens (primary N) is 1. The molecule has 108 valence electrons. The Labute approximate surface area is 120 Å². The Morgan fingerprint density at radius 2 is 2.00 bits per heavy atom. The molecule has 0 radical (unpaired) electrons. The van der Waals surface area contributed by atoms with Gasteiger partial charge in [-0.25, -0.2) is 0 Å². The van der Waals surface area contributed by atoms with E-state index in [1.807, 2.05) is 19.1 Å². The Kier molecular flexibility index (Phi) is 4.03. The Hall–Kier alpha value is -3.09. The van der Waals surface area contributed by atoms with E-state index in [4.69, 9.17) is 15.7 Å². The third kappa shape index (κ3) is 3.08. The third-order valence-electron chi connectivity index (χ3n) is 2.87. The zero-order chi connectivity index (χ0) is 15.4. The molecule has 7 nitrogen and oxygen atoms in total. The van der Waals surface area contributed by atoms with Crippen LogP contribution in [0, 0.1) is 17.0 Å². The lowest BCUT2D eigenvalue weighted by Crippen LogP contribution is -2.13. The minimum Gasteiger partial charge on any atom is -0.450 e. The van der Waals surface area contributed by atoms with Gasteiger partial charge in [0.05, 0.1) is 4.92 Å². The first-order valence-electron chi connectivity index (χ1n) is 6.02. The average molecular weight is 287 g/mol. The molecule has 0 bridgehead atoms. The molecular formula is C14H13N3O4.